The summed E-state index contributed by atoms with van der Waals surface area (Å²) < 4.78 is 0. The fourth-order valence-electron chi connectivity index (χ4n) is 7.36. The van der Waals surface area contributed by atoms with Gasteiger partial charge in [-0.05, 0) is 85.3 Å². The first-order valence-corrected chi connectivity index (χ1v) is 16.2. The van der Waals surface area contributed by atoms with E-state index in [1.807, 2.05) is 12.1 Å². The van der Waals surface area contributed by atoms with Crippen LogP contribution in [0.4, 0.5) is 0 Å². The van der Waals surface area contributed by atoms with E-state index in [1.54, 1.807) is 0 Å². The van der Waals surface area contributed by atoms with Crippen LogP contribution in [0.3, 0.4) is 0 Å². The molecule has 0 aliphatic heterocycles. The van der Waals surface area contributed by atoms with Gasteiger partial charge in [0.15, 0.2) is 5.82 Å². The summed E-state index contributed by atoms with van der Waals surface area (Å²) in [6.07, 6.45) is 0. The van der Waals surface area contributed by atoms with Gasteiger partial charge in [0, 0.05) is 22.1 Å². The van der Waals surface area contributed by atoms with E-state index in [-0.39, 0.29) is 5.41 Å². The maximum absolute atomic E-state index is 5.22. The van der Waals surface area contributed by atoms with Crippen molar-refractivity contribution in [3.8, 4) is 56.2 Å². The third-order valence-corrected chi connectivity index (χ3v) is 9.86. The van der Waals surface area contributed by atoms with E-state index in [0.29, 0.717) is 5.82 Å². The van der Waals surface area contributed by atoms with Gasteiger partial charge >= 0.3 is 0 Å². The van der Waals surface area contributed by atoms with Crippen LogP contribution in [0.1, 0.15) is 25.0 Å². The zero-order valence-electron chi connectivity index (χ0n) is 26.4. The van der Waals surface area contributed by atoms with E-state index in [0.717, 1.165) is 33.6 Å². The van der Waals surface area contributed by atoms with Crippen molar-refractivity contribution in [1.82, 2.24) is 9.97 Å². The van der Waals surface area contributed by atoms with Crippen molar-refractivity contribution in [2.45, 2.75) is 19.3 Å². The number of rotatable bonds is 4. The van der Waals surface area contributed by atoms with Gasteiger partial charge in [-0.2, -0.15) is 0 Å². The topological polar surface area (TPSA) is 25.8 Å². The second-order valence-corrected chi connectivity index (χ2v) is 13.1. The first-order chi connectivity index (χ1) is 23.0. The monoisotopic (exact) mass is 600 g/mol. The lowest BCUT2D eigenvalue weighted by atomic mass is 9.81. The third kappa shape index (κ3) is 4.56. The quantitative estimate of drug-likeness (QED) is 0.188. The molecule has 2 heteroatoms. The number of benzene rings is 7. The minimum atomic E-state index is -0.0278. The molecule has 0 amide bonds. The Morgan fingerprint density at radius 2 is 1.00 bits per heavy atom. The molecule has 1 aromatic heterocycles. The standard InChI is InChI=1S/C45H32N2/c1-45(2)40-19-10-9-18-36(40)39-27-38-33(26-41(39)45)22-20-30-21-23-34(25-37(30)38)43-28-42(31-14-7-4-8-15-31)46-44(47-43)35-17-11-16-32(24-35)29-12-5-3-6-13-29/h3-28H,1-2H3. The maximum Gasteiger partial charge on any atom is 0.160 e. The summed E-state index contributed by atoms with van der Waals surface area (Å²) in [5, 5.41) is 4.99. The van der Waals surface area contributed by atoms with Crippen molar-refractivity contribution in [3.05, 3.63) is 169 Å². The molecule has 0 fully saturated rings. The lowest BCUT2D eigenvalue weighted by molar-refractivity contribution is 0.661. The molecule has 0 bridgehead atoms. The first-order valence-electron chi connectivity index (χ1n) is 16.2. The van der Waals surface area contributed by atoms with Gasteiger partial charge in [-0.15, -0.1) is 0 Å². The number of fused-ring (bicyclic) bond motifs is 6. The van der Waals surface area contributed by atoms with Gasteiger partial charge in [-0.3, -0.25) is 0 Å². The summed E-state index contributed by atoms with van der Waals surface area (Å²) in [6.45, 7) is 4.68. The zero-order chi connectivity index (χ0) is 31.5. The van der Waals surface area contributed by atoms with Crippen LogP contribution in [0.15, 0.2) is 158 Å². The van der Waals surface area contributed by atoms with Crippen LogP contribution < -0.4 is 0 Å². The fraction of sp³-hybridized carbons (Fsp3) is 0.0667. The molecule has 0 unspecified atom stereocenters. The molecule has 0 saturated heterocycles. The number of aromatic nitrogens is 2. The highest BCUT2D eigenvalue weighted by Gasteiger charge is 2.35. The normalized spacial score (nSPS) is 13.1. The Morgan fingerprint density at radius 1 is 0.383 bits per heavy atom. The highest BCUT2D eigenvalue weighted by Crippen LogP contribution is 2.50. The third-order valence-electron chi connectivity index (χ3n) is 9.86. The Morgan fingerprint density at radius 3 is 1.81 bits per heavy atom. The molecular weight excluding hydrogens is 569 g/mol. The molecule has 222 valence electrons. The minimum absolute atomic E-state index is 0.0278. The molecule has 2 nitrogen and oxygen atoms in total. The number of hydrogen-bond acceptors (Lipinski definition) is 2. The second kappa shape index (κ2) is 10.6. The van der Waals surface area contributed by atoms with E-state index in [2.05, 4.69) is 159 Å². The second-order valence-electron chi connectivity index (χ2n) is 13.1. The molecule has 1 aliphatic carbocycles. The van der Waals surface area contributed by atoms with E-state index < -0.39 is 0 Å². The molecule has 9 rings (SSSR count). The van der Waals surface area contributed by atoms with Gasteiger partial charge in [0.1, 0.15) is 0 Å². The van der Waals surface area contributed by atoms with Gasteiger partial charge in [-0.25, -0.2) is 9.97 Å². The summed E-state index contributed by atoms with van der Waals surface area (Å²) in [5.41, 5.74) is 12.7. The van der Waals surface area contributed by atoms with Gasteiger partial charge in [0.05, 0.1) is 11.4 Å². The van der Waals surface area contributed by atoms with Gasteiger partial charge in [0.25, 0.3) is 0 Å². The average molecular weight is 601 g/mol. The van der Waals surface area contributed by atoms with E-state index in [4.69, 9.17) is 9.97 Å². The summed E-state index contributed by atoms with van der Waals surface area (Å²) in [4.78, 5) is 10.3. The summed E-state index contributed by atoms with van der Waals surface area (Å²) in [5.74, 6) is 0.716. The largest absolute Gasteiger partial charge is 0.228 e. The Hall–Kier alpha value is -5.86. The van der Waals surface area contributed by atoms with Gasteiger partial charge in [0.2, 0.25) is 0 Å². The minimum Gasteiger partial charge on any atom is -0.228 e. The van der Waals surface area contributed by atoms with Crippen LogP contribution in [-0.4, -0.2) is 9.97 Å². The molecule has 0 saturated carbocycles. The average Bonchev–Trinajstić information content (AvgIpc) is 3.36. The molecule has 0 atom stereocenters. The lowest BCUT2D eigenvalue weighted by Gasteiger charge is -2.21. The first kappa shape index (κ1) is 27.5. The highest BCUT2D eigenvalue weighted by molar-refractivity contribution is 6.11. The molecule has 7 aromatic carbocycles. The smallest absolute Gasteiger partial charge is 0.160 e. The van der Waals surface area contributed by atoms with Crippen LogP contribution in [0, 0.1) is 0 Å². The van der Waals surface area contributed by atoms with Crippen molar-refractivity contribution in [3.63, 3.8) is 0 Å². The number of nitrogens with zero attached hydrogens (tertiary/aromatic N) is 2. The fourth-order valence-corrected chi connectivity index (χ4v) is 7.36. The molecule has 0 N–H and O–H groups in total. The summed E-state index contributed by atoms with van der Waals surface area (Å²) >= 11 is 0. The van der Waals surface area contributed by atoms with E-state index in [1.165, 1.54) is 49.4 Å². The Labute approximate surface area is 275 Å². The van der Waals surface area contributed by atoms with Crippen LogP contribution >= 0.6 is 0 Å². The van der Waals surface area contributed by atoms with Gasteiger partial charge in [-0.1, -0.05) is 141 Å². The lowest BCUT2D eigenvalue weighted by Crippen LogP contribution is -2.14. The van der Waals surface area contributed by atoms with Crippen LogP contribution in [0.2, 0.25) is 0 Å². The number of hydrogen-bond donors (Lipinski definition) is 0. The SMILES string of the molecule is CC1(C)c2ccccc2-c2cc3c(ccc4ccc(-c5cc(-c6ccccc6)nc(-c6cccc(-c7ccccc7)c6)n5)cc43)cc21. The summed E-state index contributed by atoms with van der Waals surface area (Å²) in [7, 11) is 0. The van der Waals surface area contributed by atoms with E-state index >= 15 is 0 Å². The summed E-state index contributed by atoms with van der Waals surface area (Å²) in [6, 6.07) is 56.5. The maximum atomic E-state index is 5.22. The molecule has 0 radical (unpaired) electrons. The molecule has 0 spiro atoms. The van der Waals surface area contributed by atoms with Crippen LogP contribution in [0.5, 0.6) is 0 Å². The van der Waals surface area contributed by atoms with Crippen molar-refractivity contribution >= 4 is 21.5 Å². The molecule has 8 aromatic rings. The predicted octanol–water partition coefficient (Wildman–Crippen LogP) is 11.8. The van der Waals surface area contributed by atoms with Crippen LogP contribution in [-0.2, 0) is 5.41 Å². The zero-order valence-corrected chi connectivity index (χ0v) is 26.4. The highest BCUT2D eigenvalue weighted by atomic mass is 14.9. The van der Waals surface area contributed by atoms with Crippen molar-refractivity contribution in [1.29, 1.82) is 0 Å². The molecule has 1 aliphatic rings. The van der Waals surface area contributed by atoms with Gasteiger partial charge < -0.3 is 0 Å². The van der Waals surface area contributed by atoms with Crippen molar-refractivity contribution in [2.75, 3.05) is 0 Å². The molecule has 47 heavy (non-hydrogen) atoms. The van der Waals surface area contributed by atoms with E-state index in [9.17, 15) is 0 Å². The predicted molar refractivity (Wildman–Crippen MR) is 196 cm³/mol. The Balaban J connectivity index is 1.23. The van der Waals surface area contributed by atoms with Crippen molar-refractivity contribution in [2.24, 2.45) is 0 Å². The van der Waals surface area contributed by atoms with Crippen LogP contribution in [0.25, 0.3) is 77.7 Å². The Kier molecular flexibility index (Phi) is 6.20. The molecular formula is C45H32N2. The van der Waals surface area contributed by atoms with Crippen molar-refractivity contribution < 1.29 is 0 Å². The Bertz CT molecular complexity index is 2480. The molecule has 1 heterocycles.